The van der Waals surface area contributed by atoms with Gasteiger partial charge in [0.05, 0.1) is 18.3 Å². The summed E-state index contributed by atoms with van der Waals surface area (Å²) in [6.45, 7) is 0. The van der Waals surface area contributed by atoms with Gasteiger partial charge in [0.2, 0.25) is 5.91 Å². The van der Waals surface area contributed by atoms with Crippen molar-refractivity contribution in [1.82, 2.24) is 9.97 Å². The molecule has 0 saturated heterocycles. The molecule has 0 fully saturated rings. The highest BCUT2D eigenvalue weighted by Gasteiger charge is 2.20. The van der Waals surface area contributed by atoms with E-state index in [2.05, 4.69) is 15.3 Å². The summed E-state index contributed by atoms with van der Waals surface area (Å²) in [6, 6.07) is 22.6. The molecule has 0 aliphatic carbocycles. The second-order valence-corrected chi connectivity index (χ2v) is 7.32. The molecule has 4 aromatic rings. The first-order chi connectivity index (χ1) is 15.5. The maximum absolute atomic E-state index is 12.6. The first-order valence-electron chi connectivity index (χ1n) is 10.0. The van der Waals surface area contributed by atoms with Gasteiger partial charge in [-0.1, -0.05) is 54.6 Å². The summed E-state index contributed by atoms with van der Waals surface area (Å²) < 4.78 is 0. The quantitative estimate of drug-likeness (QED) is 0.349. The average Bonchev–Trinajstić information content (AvgIpc) is 2.81. The van der Waals surface area contributed by atoms with Crippen LogP contribution in [-0.4, -0.2) is 26.1 Å². The number of carbonyl (C=O) groups excluding carboxylic acids is 1. The number of anilines is 2. The number of benzene rings is 3. The third-order valence-electron chi connectivity index (χ3n) is 4.94. The van der Waals surface area contributed by atoms with Crippen LogP contribution in [0.15, 0.2) is 85.1 Å². The number of aromatic nitrogens is 2. The number of aliphatic hydroxyl groups is 1. The average molecular weight is 426 g/mol. The molecular weight excluding hydrogens is 404 g/mol. The maximum Gasteiger partial charge on any atom is 0.229 e. The summed E-state index contributed by atoms with van der Waals surface area (Å²) in [7, 11) is 0. The van der Waals surface area contributed by atoms with Gasteiger partial charge in [0.15, 0.2) is 5.82 Å². The van der Waals surface area contributed by atoms with E-state index >= 15 is 0 Å². The fourth-order valence-corrected chi connectivity index (χ4v) is 3.25. The number of nitrogens with zero attached hydrogens (tertiary/aromatic N) is 2. The Morgan fingerprint density at radius 3 is 2.34 bits per heavy atom. The van der Waals surface area contributed by atoms with Crippen molar-refractivity contribution >= 4 is 17.4 Å². The Kier molecular flexibility index (Phi) is 6.10. The van der Waals surface area contributed by atoms with E-state index in [1.807, 2.05) is 30.3 Å². The van der Waals surface area contributed by atoms with Crippen molar-refractivity contribution in [3.8, 4) is 17.0 Å². The molecule has 1 aromatic heterocycles. The van der Waals surface area contributed by atoms with E-state index in [0.717, 1.165) is 11.1 Å². The maximum atomic E-state index is 12.6. The molecule has 5 N–H and O–H groups in total. The molecule has 0 aliphatic heterocycles. The van der Waals surface area contributed by atoms with Crippen LogP contribution in [0.2, 0.25) is 0 Å². The molecular formula is C25H22N4O3. The Balaban J connectivity index is 1.66. The van der Waals surface area contributed by atoms with Crippen LogP contribution in [0.4, 0.5) is 11.5 Å². The van der Waals surface area contributed by atoms with Crippen LogP contribution >= 0.6 is 0 Å². The lowest BCUT2D eigenvalue weighted by atomic mass is 10.1. The molecule has 7 heteroatoms. The number of hydrogen-bond acceptors (Lipinski definition) is 6. The third kappa shape index (κ3) is 4.91. The molecule has 0 radical (unpaired) electrons. The van der Waals surface area contributed by atoms with E-state index in [1.165, 1.54) is 12.1 Å². The SMILES string of the molecule is Nc1ccc(-c2cnc(NC(=O)Cc3ccc(O)cc3)c(C(O)c3ccccc3)n2)cc1. The zero-order chi connectivity index (χ0) is 22.5. The van der Waals surface area contributed by atoms with Crippen molar-refractivity contribution < 1.29 is 15.0 Å². The van der Waals surface area contributed by atoms with Gasteiger partial charge in [-0.2, -0.15) is 0 Å². The highest BCUT2D eigenvalue weighted by molar-refractivity contribution is 5.92. The van der Waals surface area contributed by atoms with Crippen molar-refractivity contribution in [1.29, 1.82) is 0 Å². The minimum absolute atomic E-state index is 0.0859. The normalized spacial score (nSPS) is 11.7. The van der Waals surface area contributed by atoms with Crippen LogP contribution in [0.1, 0.15) is 22.9 Å². The fraction of sp³-hybridized carbons (Fsp3) is 0.0800. The van der Waals surface area contributed by atoms with E-state index in [-0.39, 0.29) is 29.6 Å². The highest BCUT2D eigenvalue weighted by Crippen LogP contribution is 2.28. The smallest absolute Gasteiger partial charge is 0.229 e. The molecule has 1 amide bonds. The van der Waals surface area contributed by atoms with Crippen LogP contribution in [0.5, 0.6) is 5.75 Å². The Labute approximate surface area is 185 Å². The molecule has 0 spiro atoms. The highest BCUT2D eigenvalue weighted by atomic mass is 16.3. The van der Waals surface area contributed by atoms with E-state index in [0.29, 0.717) is 16.9 Å². The van der Waals surface area contributed by atoms with Gasteiger partial charge in [0.25, 0.3) is 0 Å². The summed E-state index contributed by atoms with van der Waals surface area (Å²) >= 11 is 0. The lowest BCUT2D eigenvalue weighted by Gasteiger charge is -2.16. The van der Waals surface area contributed by atoms with Gasteiger partial charge in [-0.25, -0.2) is 9.97 Å². The zero-order valence-corrected chi connectivity index (χ0v) is 17.1. The van der Waals surface area contributed by atoms with Gasteiger partial charge in [-0.05, 0) is 35.4 Å². The Hall–Kier alpha value is -4.23. The van der Waals surface area contributed by atoms with Crippen molar-refractivity contribution in [2.45, 2.75) is 12.5 Å². The molecule has 1 heterocycles. The lowest BCUT2D eigenvalue weighted by Crippen LogP contribution is -2.19. The number of aromatic hydroxyl groups is 1. The monoisotopic (exact) mass is 426 g/mol. The van der Waals surface area contributed by atoms with Crippen molar-refractivity contribution in [2.75, 3.05) is 11.1 Å². The Morgan fingerprint density at radius 1 is 0.969 bits per heavy atom. The van der Waals surface area contributed by atoms with Gasteiger partial charge in [-0.15, -0.1) is 0 Å². The number of phenolic OH excluding ortho intramolecular Hbond substituents is 1. The topological polar surface area (TPSA) is 121 Å². The van der Waals surface area contributed by atoms with Crippen LogP contribution in [-0.2, 0) is 11.2 Å². The molecule has 1 atom stereocenters. The molecule has 1 unspecified atom stereocenters. The van der Waals surface area contributed by atoms with Gasteiger partial charge in [-0.3, -0.25) is 4.79 Å². The number of carbonyl (C=O) groups is 1. The van der Waals surface area contributed by atoms with Crippen LogP contribution in [0.3, 0.4) is 0 Å². The van der Waals surface area contributed by atoms with Crippen LogP contribution in [0, 0.1) is 0 Å². The molecule has 32 heavy (non-hydrogen) atoms. The number of nitrogens with two attached hydrogens (primary N) is 1. The van der Waals surface area contributed by atoms with Crippen molar-refractivity contribution in [2.24, 2.45) is 0 Å². The summed E-state index contributed by atoms with van der Waals surface area (Å²) in [5, 5.41) is 23.2. The van der Waals surface area contributed by atoms with Crippen LogP contribution < -0.4 is 11.1 Å². The minimum atomic E-state index is -1.08. The lowest BCUT2D eigenvalue weighted by molar-refractivity contribution is -0.115. The number of nitrogens with one attached hydrogen (secondary N) is 1. The molecule has 3 aromatic carbocycles. The minimum Gasteiger partial charge on any atom is -0.508 e. The molecule has 0 bridgehead atoms. The number of aliphatic hydroxyl groups excluding tert-OH is 1. The van der Waals surface area contributed by atoms with Crippen molar-refractivity contribution in [3.63, 3.8) is 0 Å². The van der Waals surface area contributed by atoms with Gasteiger partial charge in [0.1, 0.15) is 17.5 Å². The third-order valence-corrected chi connectivity index (χ3v) is 4.94. The Bertz CT molecular complexity index is 1210. The Morgan fingerprint density at radius 2 is 1.66 bits per heavy atom. The van der Waals surface area contributed by atoms with Crippen molar-refractivity contribution in [3.05, 3.63) is 102 Å². The fourth-order valence-electron chi connectivity index (χ4n) is 3.25. The number of phenols is 1. The summed E-state index contributed by atoms with van der Waals surface area (Å²) in [6.07, 6.45) is 0.548. The second-order valence-electron chi connectivity index (χ2n) is 7.32. The predicted octanol–water partition coefficient (Wildman–Crippen LogP) is 3.69. The first-order valence-corrected chi connectivity index (χ1v) is 10.0. The van der Waals surface area contributed by atoms with Gasteiger partial charge in [0, 0.05) is 11.3 Å². The molecule has 4 rings (SSSR count). The number of hydrogen-bond donors (Lipinski definition) is 4. The second kappa shape index (κ2) is 9.28. The zero-order valence-electron chi connectivity index (χ0n) is 17.1. The molecule has 0 aliphatic rings. The summed E-state index contributed by atoms with van der Waals surface area (Å²) in [4.78, 5) is 21.6. The summed E-state index contributed by atoms with van der Waals surface area (Å²) in [5.74, 6) is 0.00242. The number of nitrogen functional groups attached to an aromatic ring is 1. The van der Waals surface area contributed by atoms with Gasteiger partial charge < -0.3 is 21.3 Å². The predicted molar refractivity (Wildman–Crippen MR) is 123 cm³/mol. The number of rotatable bonds is 6. The van der Waals surface area contributed by atoms with Gasteiger partial charge >= 0.3 is 0 Å². The van der Waals surface area contributed by atoms with E-state index in [1.54, 1.807) is 42.6 Å². The largest absolute Gasteiger partial charge is 0.508 e. The standard InChI is InChI=1S/C25H22N4O3/c26-19-10-8-17(9-11-19)21-15-27-25(23(28-21)24(32)18-4-2-1-3-5-18)29-22(31)14-16-6-12-20(30)13-7-16/h1-13,15,24,30,32H,14,26H2,(H,27,29,31). The van der Waals surface area contributed by atoms with Crippen LogP contribution in [0.25, 0.3) is 11.3 Å². The molecule has 7 nitrogen and oxygen atoms in total. The van der Waals surface area contributed by atoms with E-state index in [4.69, 9.17) is 5.73 Å². The first kappa shape index (κ1) is 21.0. The summed E-state index contributed by atoms with van der Waals surface area (Å²) in [5.41, 5.74) is 9.34. The van der Waals surface area contributed by atoms with E-state index in [9.17, 15) is 15.0 Å². The van der Waals surface area contributed by atoms with E-state index < -0.39 is 6.10 Å². The molecule has 160 valence electrons. The number of amides is 1. The molecule has 0 saturated carbocycles.